The van der Waals surface area contributed by atoms with Crippen molar-refractivity contribution in [1.82, 2.24) is 0 Å². The van der Waals surface area contributed by atoms with Crippen LogP contribution in [0.15, 0.2) is 0 Å². The fourth-order valence-electron chi connectivity index (χ4n) is 1.09. The van der Waals surface area contributed by atoms with E-state index in [4.69, 9.17) is 18.9 Å². The topological polar surface area (TPSA) is 54.0 Å². The molecule has 1 saturated heterocycles. The highest BCUT2D eigenvalue weighted by molar-refractivity contribution is 5.60. The third-order valence-corrected chi connectivity index (χ3v) is 1.96. The molecular weight excluding hydrogens is 188 g/mol. The molecule has 0 bridgehead atoms. The summed E-state index contributed by atoms with van der Waals surface area (Å²) in [5, 5.41) is 0. The maximum absolute atomic E-state index is 10.6. The second-order valence-corrected chi connectivity index (χ2v) is 3.68. The van der Waals surface area contributed by atoms with E-state index in [2.05, 4.69) is 0 Å². The number of cyclic esters (lactones) is 2. The summed E-state index contributed by atoms with van der Waals surface area (Å²) in [4.78, 5) is 10.6. The van der Waals surface area contributed by atoms with Gasteiger partial charge in [0.25, 0.3) is 0 Å². The van der Waals surface area contributed by atoms with Gasteiger partial charge in [0.2, 0.25) is 0 Å². The highest BCUT2D eigenvalue weighted by Crippen LogP contribution is 2.22. The molecule has 0 N–H and O–H groups in total. The molecule has 0 aromatic heterocycles. The molecule has 0 aromatic rings. The smallest absolute Gasteiger partial charge is 0.433 e. The highest BCUT2D eigenvalue weighted by Gasteiger charge is 2.33. The molecule has 14 heavy (non-hydrogen) atoms. The third-order valence-electron chi connectivity index (χ3n) is 1.96. The van der Waals surface area contributed by atoms with Gasteiger partial charge in [-0.25, -0.2) is 4.79 Å². The van der Waals surface area contributed by atoms with Crippen molar-refractivity contribution in [1.29, 1.82) is 0 Å². The Bertz CT molecular complexity index is 182. The average molecular weight is 204 g/mol. The molecule has 1 aliphatic heterocycles. The zero-order valence-electron chi connectivity index (χ0n) is 8.58. The lowest BCUT2D eigenvalue weighted by Gasteiger charge is -2.31. The molecule has 5 heteroatoms. The van der Waals surface area contributed by atoms with Crippen LogP contribution in [0, 0.1) is 5.41 Å². The van der Waals surface area contributed by atoms with Crippen LogP contribution in [-0.4, -0.2) is 46.3 Å². The number of hydrogen-bond acceptors (Lipinski definition) is 5. The van der Waals surface area contributed by atoms with Gasteiger partial charge in [-0.1, -0.05) is 6.92 Å². The van der Waals surface area contributed by atoms with Crippen molar-refractivity contribution in [3.63, 3.8) is 0 Å². The summed E-state index contributed by atoms with van der Waals surface area (Å²) in [5.41, 5.74) is -0.234. The van der Waals surface area contributed by atoms with E-state index < -0.39 is 6.16 Å². The molecule has 1 rings (SSSR count). The molecule has 0 aliphatic carbocycles. The van der Waals surface area contributed by atoms with E-state index in [1.54, 1.807) is 7.11 Å². The summed E-state index contributed by atoms with van der Waals surface area (Å²) in [6.45, 7) is 4.25. The van der Waals surface area contributed by atoms with E-state index in [1.807, 2.05) is 6.92 Å². The SMILES string of the molecule is COCCOCC1(C)COC(=O)OC1. The van der Waals surface area contributed by atoms with E-state index in [-0.39, 0.29) is 5.41 Å². The standard InChI is InChI=1S/C9H16O5/c1-9(5-12-4-3-11-2)6-13-8(10)14-7-9/h3-7H2,1-2H3. The summed E-state index contributed by atoms with van der Waals surface area (Å²) in [7, 11) is 1.62. The molecule has 0 saturated carbocycles. The Morgan fingerprint density at radius 3 is 2.57 bits per heavy atom. The van der Waals surface area contributed by atoms with Gasteiger partial charge in [0.05, 0.1) is 25.2 Å². The largest absolute Gasteiger partial charge is 0.508 e. The van der Waals surface area contributed by atoms with Crippen molar-refractivity contribution in [2.75, 3.05) is 40.1 Å². The molecule has 1 heterocycles. The first-order chi connectivity index (χ1) is 6.66. The van der Waals surface area contributed by atoms with Gasteiger partial charge in [-0.3, -0.25) is 0 Å². The van der Waals surface area contributed by atoms with Crippen LogP contribution in [-0.2, 0) is 18.9 Å². The zero-order chi connectivity index (χ0) is 10.4. The lowest BCUT2D eigenvalue weighted by Crippen LogP contribution is -2.40. The van der Waals surface area contributed by atoms with Crippen LogP contribution in [0.4, 0.5) is 4.79 Å². The van der Waals surface area contributed by atoms with Gasteiger partial charge < -0.3 is 18.9 Å². The minimum Gasteiger partial charge on any atom is -0.433 e. The molecule has 0 aromatic carbocycles. The van der Waals surface area contributed by atoms with Gasteiger partial charge in [-0.2, -0.15) is 0 Å². The van der Waals surface area contributed by atoms with Crippen molar-refractivity contribution in [2.24, 2.45) is 5.41 Å². The highest BCUT2D eigenvalue weighted by atomic mass is 16.7. The van der Waals surface area contributed by atoms with Crippen LogP contribution in [0.2, 0.25) is 0 Å². The van der Waals surface area contributed by atoms with Gasteiger partial charge in [0.1, 0.15) is 13.2 Å². The summed E-state index contributed by atoms with van der Waals surface area (Å²) in [5.74, 6) is 0. The van der Waals surface area contributed by atoms with Gasteiger partial charge in [0.15, 0.2) is 0 Å². The molecule has 82 valence electrons. The number of methoxy groups -OCH3 is 1. The lowest BCUT2D eigenvalue weighted by molar-refractivity contribution is -0.0885. The zero-order valence-corrected chi connectivity index (χ0v) is 8.58. The van der Waals surface area contributed by atoms with Crippen molar-refractivity contribution < 1.29 is 23.7 Å². The second-order valence-electron chi connectivity index (χ2n) is 3.68. The second kappa shape index (κ2) is 5.17. The number of hydrogen-bond donors (Lipinski definition) is 0. The van der Waals surface area contributed by atoms with Gasteiger partial charge >= 0.3 is 6.16 Å². The molecular formula is C9H16O5. The van der Waals surface area contributed by atoms with Crippen molar-refractivity contribution >= 4 is 6.16 Å². The minimum absolute atomic E-state index is 0.234. The Kier molecular flexibility index (Phi) is 4.16. The molecule has 0 amide bonds. The number of carbonyl (C=O) groups is 1. The normalized spacial score (nSPS) is 20.0. The fourth-order valence-corrected chi connectivity index (χ4v) is 1.09. The third kappa shape index (κ3) is 3.51. The summed E-state index contributed by atoms with van der Waals surface area (Å²) >= 11 is 0. The first-order valence-corrected chi connectivity index (χ1v) is 4.52. The Labute approximate surface area is 83.3 Å². The molecule has 0 atom stereocenters. The number of carbonyl (C=O) groups excluding carboxylic acids is 1. The molecule has 0 spiro atoms. The van der Waals surface area contributed by atoms with Gasteiger partial charge in [-0.15, -0.1) is 0 Å². The summed E-state index contributed by atoms with van der Waals surface area (Å²) in [6, 6.07) is 0. The van der Waals surface area contributed by atoms with Crippen LogP contribution < -0.4 is 0 Å². The van der Waals surface area contributed by atoms with Crippen LogP contribution in [0.3, 0.4) is 0 Å². The fraction of sp³-hybridized carbons (Fsp3) is 0.889. The molecule has 1 fully saturated rings. The molecule has 0 unspecified atom stereocenters. The summed E-state index contributed by atoms with van der Waals surface area (Å²) in [6.07, 6.45) is -0.598. The lowest BCUT2D eigenvalue weighted by atomic mass is 9.94. The van der Waals surface area contributed by atoms with Gasteiger partial charge in [-0.05, 0) is 0 Å². The quantitative estimate of drug-likeness (QED) is 0.490. The van der Waals surface area contributed by atoms with E-state index in [1.165, 1.54) is 0 Å². The first kappa shape index (κ1) is 11.3. The van der Waals surface area contributed by atoms with E-state index in [0.717, 1.165) is 0 Å². The predicted octanol–water partition coefficient (Wildman–Crippen LogP) is 0.823. The number of ether oxygens (including phenoxy) is 4. The predicted molar refractivity (Wildman–Crippen MR) is 48.1 cm³/mol. The van der Waals surface area contributed by atoms with Crippen molar-refractivity contribution in [2.45, 2.75) is 6.92 Å². The van der Waals surface area contributed by atoms with Crippen molar-refractivity contribution in [3.05, 3.63) is 0 Å². The van der Waals surface area contributed by atoms with Gasteiger partial charge in [0, 0.05) is 7.11 Å². The first-order valence-electron chi connectivity index (χ1n) is 4.52. The average Bonchev–Trinajstić information content (AvgIpc) is 2.18. The number of rotatable bonds is 5. The Hall–Kier alpha value is -0.810. The Morgan fingerprint density at radius 1 is 1.36 bits per heavy atom. The maximum atomic E-state index is 10.6. The van der Waals surface area contributed by atoms with E-state index >= 15 is 0 Å². The minimum atomic E-state index is -0.598. The van der Waals surface area contributed by atoms with E-state index in [0.29, 0.717) is 33.0 Å². The van der Waals surface area contributed by atoms with Crippen LogP contribution >= 0.6 is 0 Å². The molecule has 5 nitrogen and oxygen atoms in total. The van der Waals surface area contributed by atoms with Crippen LogP contribution in [0.5, 0.6) is 0 Å². The summed E-state index contributed by atoms with van der Waals surface area (Å²) < 4.78 is 19.8. The van der Waals surface area contributed by atoms with Crippen molar-refractivity contribution in [3.8, 4) is 0 Å². The van der Waals surface area contributed by atoms with Crippen LogP contribution in [0.25, 0.3) is 0 Å². The maximum Gasteiger partial charge on any atom is 0.508 e. The van der Waals surface area contributed by atoms with E-state index in [9.17, 15) is 4.79 Å². The Balaban J connectivity index is 2.18. The molecule has 1 aliphatic rings. The monoisotopic (exact) mass is 204 g/mol. The molecule has 0 radical (unpaired) electrons. The van der Waals surface area contributed by atoms with Crippen LogP contribution in [0.1, 0.15) is 6.92 Å². The Morgan fingerprint density at radius 2 is 2.00 bits per heavy atom.